The maximum atomic E-state index is 14.3. The highest BCUT2D eigenvalue weighted by molar-refractivity contribution is 5.90. The van der Waals surface area contributed by atoms with Crippen molar-refractivity contribution in [3.05, 3.63) is 65.2 Å². The van der Waals surface area contributed by atoms with Crippen LogP contribution < -0.4 is 5.32 Å². The summed E-state index contributed by atoms with van der Waals surface area (Å²) in [6.07, 6.45) is 0.658. The molecule has 1 saturated heterocycles. The lowest BCUT2D eigenvalue weighted by molar-refractivity contribution is -0.158. The van der Waals surface area contributed by atoms with Gasteiger partial charge in [0.2, 0.25) is 0 Å². The van der Waals surface area contributed by atoms with E-state index in [1.807, 2.05) is 0 Å². The number of halogens is 4. The van der Waals surface area contributed by atoms with Crippen LogP contribution in [0.5, 0.6) is 0 Å². The van der Waals surface area contributed by atoms with E-state index in [0.717, 1.165) is 24.3 Å². The third-order valence-electron chi connectivity index (χ3n) is 5.29. The van der Waals surface area contributed by atoms with Crippen LogP contribution in [0.4, 0.5) is 28.0 Å². The molecular formula is C22H22F4N2O3. The second-order valence-electron chi connectivity index (χ2n) is 7.49. The zero-order valence-electron chi connectivity index (χ0n) is 16.9. The van der Waals surface area contributed by atoms with Crippen molar-refractivity contribution in [2.45, 2.75) is 26.2 Å². The molecule has 3 rings (SSSR count). The van der Waals surface area contributed by atoms with Crippen LogP contribution in [0.2, 0.25) is 0 Å². The molecule has 0 aliphatic carbocycles. The first kappa shape index (κ1) is 22.6. The molecule has 0 unspecified atom stereocenters. The molecule has 0 aromatic heterocycles. The molecule has 9 heteroatoms. The van der Waals surface area contributed by atoms with Crippen LogP contribution in [0.25, 0.3) is 0 Å². The third kappa shape index (κ3) is 5.15. The van der Waals surface area contributed by atoms with Gasteiger partial charge in [-0.2, -0.15) is 0 Å². The second-order valence-corrected chi connectivity index (χ2v) is 7.49. The van der Waals surface area contributed by atoms with Crippen molar-refractivity contribution in [1.29, 1.82) is 0 Å². The first-order chi connectivity index (χ1) is 14.7. The normalized spacial score (nSPS) is 18.5. The zero-order chi connectivity index (χ0) is 22.6. The summed E-state index contributed by atoms with van der Waals surface area (Å²) >= 11 is 0. The summed E-state index contributed by atoms with van der Waals surface area (Å²) < 4.78 is 59.8. The van der Waals surface area contributed by atoms with E-state index in [0.29, 0.717) is 18.9 Å². The number of esters is 1. The van der Waals surface area contributed by atoms with Gasteiger partial charge in [-0.25, -0.2) is 22.4 Å². The maximum Gasteiger partial charge on any atom is 0.321 e. The Labute approximate surface area is 177 Å². The van der Waals surface area contributed by atoms with E-state index in [2.05, 4.69) is 5.32 Å². The Morgan fingerprint density at radius 1 is 1.06 bits per heavy atom. The van der Waals surface area contributed by atoms with E-state index in [4.69, 9.17) is 4.74 Å². The summed E-state index contributed by atoms with van der Waals surface area (Å²) in [6.45, 7) is 1.91. The second kappa shape index (κ2) is 9.36. The van der Waals surface area contributed by atoms with Gasteiger partial charge in [-0.05, 0) is 49.9 Å². The van der Waals surface area contributed by atoms with Gasteiger partial charge in [0.1, 0.15) is 23.3 Å². The number of nitrogens with one attached hydrogen (secondary N) is 1. The largest absolute Gasteiger partial charge is 0.466 e. The quantitative estimate of drug-likeness (QED) is 0.546. The zero-order valence-corrected chi connectivity index (χ0v) is 16.9. The minimum atomic E-state index is -1.24. The average molecular weight is 438 g/mol. The average Bonchev–Trinajstić information content (AvgIpc) is 2.72. The molecular weight excluding hydrogens is 416 g/mol. The number of carbonyl (C=O) groups is 2. The summed E-state index contributed by atoms with van der Waals surface area (Å²) in [5, 5.41) is 2.37. The number of likely N-dealkylation sites (tertiary alicyclic amines) is 1. The van der Waals surface area contributed by atoms with Crippen molar-refractivity contribution in [3.63, 3.8) is 0 Å². The molecule has 1 atom stereocenters. The molecule has 1 heterocycles. The molecule has 1 fully saturated rings. The molecule has 0 spiro atoms. The molecule has 0 bridgehead atoms. The Balaban J connectivity index is 1.84. The molecule has 166 valence electrons. The van der Waals surface area contributed by atoms with Gasteiger partial charge in [-0.15, -0.1) is 0 Å². The number of piperidine rings is 1. The molecule has 2 aromatic carbocycles. The van der Waals surface area contributed by atoms with E-state index < -0.39 is 40.7 Å². The minimum Gasteiger partial charge on any atom is -0.466 e. The van der Waals surface area contributed by atoms with Gasteiger partial charge in [0.05, 0.1) is 17.7 Å². The Bertz CT molecular complexity index is 985. The number of nitrogens with zero attached hydrogens (tertiary/aromatic N) is 1. The standard InChI is InChI=1S/C22H22F4N2O3/c1-2-31-20(29)22(12-14-4-5-15(23)10-17(14)25)8-3-9-28(13-22)21(30)27-19-7-6-16(24)11-18(19)26/h4-7,10-11H,2-3,8-9,12-13H2,1H3,(H,27,30)/t22-/m1/s1. The van der Waals surface area contributed by atoms with E-state index in [1.165, 1.54) is 11.0 Å². The van der Waals surface area contributed by atoms with E-state index >= 15 is 0 Å². The molecule has 5 nitrogen and oxygen atoms in total. The highest BCUT2D eigenvalue weighted by Gasteiger charge is 2.45. The molecule has 1 aliphatic heterocycles. The summed E-state index contributed by atoms with van der Waals surface area (Å²) in [7, 11) is 0. The Morgan fingerprint density at radius 3 is 2.39 bits per heavy atom. The molecule has 1 aliphatic rings. The van der Waals surface area contributed by atoms with Gasteiger partial charge in [-0.1, -0.05) is 6.07 Å². The number of amides is 2. The fraction of sp³-hybridized carbons (Fsp3) is 0.364. The lowest BCUT2D eigenvalue weighted by atomic mass is 9.75. The molecule has 0 saturated carbocycles. The van der Waals surface area contributed by atoms with Gasteiger partial charge in [0, 0.05) is 25.2 Å². The highest BCUT2D eigenvalue weighted by atomic mass is 19.1. The van der Waals surface area contributed by atoms with Gasteiger partial charge in [0.15, 0.2) is 0 Å². The predicted octanol–water partition coefficient (Wildman–Crippen LogP) is 4.66. The van der Waals surface area contributed by atoms with Crippen LogP contribution in [0.15, 0.2) is 36.4 Å². The summed E-state index contributed by atoms with van der Waals surface area (Å²) in [5.74, 6) is -3.84. The van der Waals surface area contributed by atoms with E-state index in [-0.39, 0.29) is 37.4 Å². The molecule has 2 amide bonds. The number of rotatable bonds is 5. The molecule has 31 heavy (non-hydrogen) atoms. The highest BCUT2D eigenvalue weighted by Crippen LogP contribution is 2.36. The Morgan fingerprint density at radius 2 is 1.74 bits per heavy atom. The maximum absolute atomic E-state index is 14.3. The number of benzene rings is 2. The fourth-order valence-corrected chi connectivity index (χ4v) is 3.79. The smallest absolute Gasteiger partial charge is 0.321 e. The van der Waals surface area contributed by atoms with Crippen LogP contribution in [0, 0.1) is 28.7 Å². The van der Waals surface area contributed by atoms with Crippen molar-refractivity contribution < 1.29 is 31.9 Å². The van der Waals surface area contributed by atoms with Crippen LogP contribution in [0.1, 0.15) is 25.3 Å². The van der Waals surface area contributed by atoms with Crippen LogP contribution >= 0.6 is 0 Å². The van der Waals surface area contributed by atoms with Crippen molar-refractivity contribution >= 4 is 17.7 Å². The first-order valence-electron chi connectivity index (χ1n) is 9.86. The SMILES string of the molecule is CCOC(=O)[C@@]1(Cc2ccc(F)cc2F)CCCN(C(=O)Nc2ccc(F)cc2F)C1. The van der Waals surface area contributed by atoms with E-state index in [1.54, 1.807) is 6.92 Å². The van der Waals surface area contributed by atoms with Gasteiger partial charge in [0.25, 0.3) is 0 Å². The van der Waals surface area contributed by atoms with Crippen LogP contribution in [-0.2, 0) is 16.0 Å². The van der Waals surface area contributed by atoms with Crippen molar-refractivity contribution in [2.75, 3.05) is 25.0 Å². The number of hydrogen-bond acceptors (Lipinski definition) is 3. The molecule has 0 radical (unpaired) electrons. The number of hydrogen-bond donors (Lipinski definition) is 1. The molecule has 1 N–H and O–H groups in total. The summed E-state index contributed by atoms with van der Waals surface area (Å²) in [6, 6.07) is 5.16. The predicted molar refractivity (Wildman–Crippen MR) is 105 cm³/mol. The first-order valence-corrected chi connectivity index (χ1v) is 9.86. The number of anilines is 1. The van der Waals surface area contributed by atoms with Gasteiger partial charge < -0.3 is 15.0 Å². The van der Waals surface area contributed by atoms with Crippen molar-refractivity contribution in [2.24, 2.45) is 5.41 Å². The molecule has 2 aromatic rings. The summed E-state index contributed by atoms with van der Waals surface area (Å²) in [4.78, 5) is 26.9. The Kier molecular flexibility index (Phi) is 6.82. The minimum absolute atomic E-state index is 0.0906. The monoisotopic (exact) mass is 438 g/mol. The number of ether oxygens (including phenoxy) is 1. The fourth-order valence-electron chi connectivity index (χ4n) is 3.79. The van der Waals surface area contributed by atoms with Crippen molar-refractivity contribution in [3.8, 4) is 0 Å². The van der Waals surface area contributed by atoms with E-state index in [9.17, 15) is 27.2 Å². The number of carbonyl (C=O) groups excluding carboxylic acids is 2. The number of urea groups is 1. The van der Waals surface area contributed by atoms with Crippen LogP contribution in [0.3, 0.4) is 0 Å². The Hall–Kier alpha value is -3.10. The lowest BCUT2D eigenvalue weighted by Gasteiger charge is -2.41. The van der Waals surface area contributed by atoms with Crippen LogP contribution in [-0.4, -0.2) is 36.6 Å². The summed E-state index contributed by atoms with van der Waals surface area (Å²) in [5.41, 5.74) is -1.32. The lowest BCUT2D eigenvalue weighted by Crippen LogP contribution is -2.52. The van der Waals surface area contributed by atoms with Gasteiger partial charge in [-0.3, -0.25) is 4.79 Å². The topological polar surface area (TPSA) is 58.6 Å². The third-order valence-corrected chi connectivity index (χ3v) is 5.29. The van der Waals surface area contributed by atoms with Gasteiger partial charge >= 0.3 is 12.0 Å². The van der Waals surface area contributed by atoms with Crippen molar-refractivity contribution in [1.82, 2.24) is 4.90 Å².